The quantitative estimate of drug-likeness (QED) is 0.464. The average Bonchev–Trinajstić information content (AvgIpc) is 3.20. The van der Waals surface area contributed by atoms with Crippen molar-refractivity contribution in [3.63, 3.8) is 0 Å². The van der Waals surface area contributed by atoms with E-state index in [2.05, 4.69) is 41.2 Å². The third kappa shape index (κ3) is 3.68. The number of aryl methyl sites for hydroxylation is 1. The summed E-state index contributed by atoms with van der Waals surface area (Å²) in [6.45, 7) is 5.36. The number of hydrogen-bond donors (Lipinski definition) is 1. The summed E-state index contributed by atoms with van der Waals surface area (Å²) in [6.07, 6.45) is 4.95. The minimum Gasteiger partial charge on any atom is -0.342 e. The summed E-state index contributed by atoms with van der Waals surface area (Å²) in [5.41, 5.74) is 5.16. The molecule has 1 N–H and O–H groups in total. The number of carbonyl (C=O) groups is 1. The molecule has 6 heteroatoms. The number of amides is 1. The largest absolute Gasteiger partial charge is 0.342 e. The van der Waals surface area contributed by atoms with E-state index < -0.39 is 0 Å². The minimum atomic E-state index is -0.0808. The molecule has 0 spiro atoms. The smallest absolute Gasteiger partial charge is 0.276 e. The molecule has 1 fully saturated rings. The zero-order valence-electron chi connectivity index (χ0n) is 16.4. The first-order valence-corrected chi connectivity index (χ1v) is 10.5. The van der Waals surface area contributed by atoms with Gasteiger partial charge in [0.1, 0.15) is 5.70 Å². The number of para-hydroxylation sites is 1. The Morgan fingerprint density at radius 1 is 1.14 bits per heavy atom. The SMILES string of the molecule is CCc1cccc2c(/C=C3\NC(=S)N(CC)C3=O)cn(Cc3ccc(Cl)cc3)c12. The zero-order chi connectivity index (χ0) is 20.5. The number of likely N-dealkylation sites (N-methyl/N-ethyl adjacent to an activating group) is 1. The van der Waals surface area contributed by atoms with Crippen LogP contribution in [0.3, 0.4) is 0 Å². The fourth-order valence-corrected chi connectivity index (χ4v) is 4.24. The van der Waals surface area contributed by atoms with Crippen molar-refractivity contribution in [2.24, 2.45) is 0 Å². The number of aromatic nitrogens is 1. The van der Waals surface area contributed by atoms with Gasteiger partial charge in [0.2, 0.25) is 0 Å². The standard InChI is InChI=1S/C23H22ClN3OS/c1-3-16-6-5-7-19-17(12-20-22(28)27(4-2)23(29)25-20)14-26(21(16)19)13-15-8-10-18(24)11-9-15/h5-12,14H,3-4,13H2,1-2H3,(H,25,29)/b20-12-. The van der Waals surface area contributed by atoms with Crippen LogP contribution in [0.5, 0.6) is 0 Å². The molecule has 1 amide bonds. The number of benzene rings is 2. The van der Waals surface area contributed by atoms with E-state index in [-0.39, 0.29) is 5.91 Å². The Morgan fingerprint density at radius 2 is 1.90 bits per heavy atom. The molecule has 4 rings (SSSR count). The molecular weight excluding hydrogens is 402 g/mol. The lowest BCUT2D eigenvalue weighted by Gasteiger charge is -2.09. The summed E-state index contributed by atoms with van der Waals surface area (Å²) in [5.74, 6) is -0.0808. The Bertz CT molecular complexity index is 1130. The highest BCUT2D eigenvalue weighted by atomic mass is 35.5. The highest BCUT2D eigenvalue weighted by Gasteiger charge is 2.29. The van der Waals surface area contributed by atoms with Crippen LogP contribution in [-0.4, -0.2) is 27.0 Å². The van der Waals surface area contributed by atoms with Crippen molar-refractivity contribution in [3.8, 4) is 0 Å². The second kappa shape index (κ2) is 8.01. The molecule has 1 aromatic heterocycles. The minimum absolute atomic E-state index is 0.0808. The Labute approximate surface area is 180 Å². The van der Waals surface area contributed by atoms with Gasteiger partial charge in [0.05, 0.1) is 5.52 Å². The predicted octanol–water partition coefficient (Wildman–Crippen LogP) is 4.98. The molecule has 0 atom stereocenters. The molecule has 2 heterocycles. The highest BCUT2D eigenvalue weighted by Crippen LogP contribution is 2.29. The van der Waals surface area contributed by atoms with Gasteiger partial charge in [-0.1, -0.05) is 48.9 Å². The van der Waals surface area contributed by atoms with E-state index in [1.807, 2.05) is 37.3 Å². The molecule has 4 nitrogen and oxygen atoms in total. The van der Waals surface area contributed by atoms with Crippen molar-refractivity contribution in [1.82, 2.24) is 14.8 Å². The molecule has 0 radical (unpaired) electrons. The average molecular weight is 424 g/mol. The second-order valence-electron chi connectivity index (χ2n) is 7.04. The maximum absolute atomic E-state index is 12.6. The van der Waals surface area contributed by atoms with Crippen LogP contribution in [0.15, 0.2) is 54.4 Å². The summed E-state index contributed by atoms with van der Waals surface area (Å²) in [7, 11) is 0. The first-order chi connectivity index (χ1) is 14.0. The third-order valence-corrected chi connectivity index (χ3v) is 5.81. The van der Waals surface area contributed by atoms with Crippen molar-refractivity contribution in [2.75, 3.05) is 6.54 Å². The van der Waals surface area contributed by atoms with Gasteiger partial charge in [0, 0.05) is 35.3 Å². The molecule has 1 saturated heterocycles. The Morgan fingerprint density at radius 3 is 2.55 bits per heavy atom. The number of fused-ring (bicyclic) bond motifs is 1. The van der Waals surface area contributed by atoms with Crippen LogP contribution >= 0.6 is 23.8 Å². The fraction of sp³-hybridized carbons (Fsp3) is 0.217. The maximum Gasteiger partial charge on any atom is 0.276 e. The second-order valence-corrected chi connectivity index (χ2v) is 7.87. The molecule has 3 aromatic rings. The molecule has 0 saturated carbocycles. The van der Waals surface area contributed by atoms with Crippen LogP contribution in [0.4, 0.5) is 0 Å². The van der Waals surface area contributed by atoms with Crippen LogP contribution in [0.1, 0.15) is 30.5 Å². The topological polar surface area (TPSA) is 37.3 Å². The van der Waals surface area contributed by atoms with Gasteiger partial charge in [-0.25, -0.2) is 0 Å². The summed E-state index contributed by atoms with van der Waals surface area (Å²) in [4.78, 5) is 14.2. The number of hydrogen-bond acceptors (Lipinski definition) is 2. The van der Waals surface area contributed by atoms with Crippen molar-refractivity contribution >= 4 is 51.8 Å². The van der Waals surface area contributed by atoms with Gasteiger partial charge in [0.25, 0.3) is 5.91 Å². The summed E-state index contributed by atoms with van der Waals surface area (Å²) >= 11 is 11.3. The normalized spacial score (nSPS) is 15.6. The number of carbonyl (C=O) groups excluding carboxylic acids is 1. The lowest BCUT2D eigenvalue weighted by Crippen LogP contribution is -2.30. The number of halogens is 1. The van der Waals surface area contributed by atoms with E-state index in [4.69, 9.17) is 23.8 Å². The fourth-order valence-electron chi connectivity index (χ4n) is 3.79. The van der Waals surface area contributed by atoms with E-state index in [0.29, 0.717) is 17.4 Å². The number of nitrogens with one attached hydrogen (secondary N) is 1. The van der Waals surface area contributed by atoms with Crippen LogP contribution in [0.25, 0.3) is 17.0 Å². The van der Waals surface area contributed by atoms with Crippen molar-refractivity contribution < 1.29 is 4.79 Å². The number of rotatable bonds is 5. The highest BCUT2D eigenvalue weighted by molar-refractivity contribution is 7.80. The number of nitrogens with zero attached hydrogens (tertiary/aromatic N) is 2. The van der Waals surface area contributed by atoms with Gasteiger partial charge < -0.3 is 9.88 Å². The number of thiocarbonyl (C=S) groups is 1. The van der Waals surface area contributed by atoms with Crippen molar-refractivity contribution in [1.29, 1.82) is 0 Å². The molecular formula is C23H22ClN3OS. The molecule has 2 aromatic carbocycles. The third-order valence-electron chi connectivity index (χ3n) is 5.24. The first-order valence-electron chi connectivity index (χ1n) is 9.71. The van der Waals surface area contributed by atoms with E-state index in [1.165, 1.54) is 16.6 Å². The molecule has 1 aliphatic heterocycles. The van der Waals surface area contributed by atoms with E-state index >= 15 is 0 Å². The molecule has 1 aliphatic rings. The Kier molecular flexibility index (Phi) is 5.43. The lowest BCUT2D eigenvalue weighted by molar-refractivity contribution is -0.122. The maximum atomic E-state index is 12.6. The van der Waals surface area contributed by atoms with Crippen molar-refractivity contribution in [3.05, 3.63) is 76.1 Å². The van der Waals surface area contributed by atoms with Crippen LogP contribution < -0.4 is 5.32 Å². The summed E-state index contributed by atoms with van der Waals surface area (Å²) < 4.78 is 2.25. The van der Waals surface area contributed by atoms with Gasteiger partial charge in [-0.15, -0.1) is 0 Å². The Hall–Kier alpha value is -2.63. The summed E-state index contributed by atoms with van der Waals surface area (Å²) in [5, 5.41) is 5.37. The lowest BCUT2D eigenvalue weighted by atomic mass is 10.1. The Balaban J connectivity index is 1.81. The van der Waals surface area contributed by atoms with Crippen LogP contribution in [-0.2, 0) is 17.8 Å². The molecule has 148 valence electrons. The van der Waals surface area contributed by atoms with Crippen molar-refractivity contribution in [2.45, 2.75) is 26.8 Å². The van der Waals surface area contributed by atoms with Crippen LogP contribution in [0.2, 0.25) is 5.02 Å². The van der Waals surface area contributed by atoms with Gasteiger partial charge >= 0.3 is 0 Å². The van der Waals surface area contributed by atoms with E-state index in [9.17, 15) is 4.79 Å². The van der Waals surface area contributed by atoms with Crippen LogP contribution in [0, 0.1) is 0 Å². The predicted molar refractivity (Wildman–Crippen MR) is 123 cm³/mol. The zero-order valence-corrected chi connectivity index (χ0v) is 18.0. The van der Waals surface area contributed by atoms with Gasteiger partial charge in [0.15, 0.2) is 5.11 Å². The van der Waals surface area contributed by atoms with E-state index in [0.717, 1.165) is 28.9 Å². The van der Waals surface area contributed by atoms with E-state index in [1.54, 1.807) is 4.90 Å². The van der Waals surface area contributed by atoms with Gasteiger partial charge in [-0.05, 0) is 54.9 Å². The molecule has 0 unspecified atom stereocenters. The van der Waals surface area contributed by atoms with Gasteiger partial charge in [-0.2, -0.15) is 0 Å². The van der Waals surface area contributed by atoms with Gasteiger partial charge in [-0.3, -0.25) is 9.69 Å². The molecule has 0 bridgehead atoms. The first kappa shape index (κ1) is 19.7. The molecule has 29 heavy (non-hydrogen) atoms. The summed E-state index contributed by atoms with van der Waals surface area (Å²) in [6, 6.07) is 14.2. The molecule has 0 aliphatic carbocycles. The monoisotopic (exact) mass is 423 g/mol.